The summed E-state index contributed by atoms with van der Waals surface area (Å²) < 4.78 is 6.69. The van der Waals surface area contributed by atoms with Crippen molar-refractivity contribution in [2.45, 2.75) is 6.10 Å². The maximum Gasteiger partial charge on any atom is 0.317 e. The Kier molecular flexibility index (Phi) is 5.33. The van der Waals surface area contributed by atoms with Gasteiger partial charge in [0.2, 0.25) is 0 Å². The lowest BCUT2D eigenvalue weighted by atomic mass is 10.2. The third kappa shape index (κ3) is 4.43. The maximum atomic E-state index is 10.7. The molecule has 20 heavy (non-hydrogen) atoms. The highest BCUT2D eigenvalue weighted by Gasteiger charge is 2.23. The van der Waals surface area contributed by atoms with Crippen molar-refractivity contribution in [2.24, 2.45) is 0 Å². The number of likely N-dealkylation sites (N-methyl/N-ethyl adjacent to an activating group) is 1. The molecule has 0 bridgehead atoms. The van der Waals surface area contributed by atoms with Crippen LogP contribution in [0.2, 0.25) is 0 Å². The highest BCUT2D eigenvalue weighted by Crippen LogP contribution is 2.19. The number of carboxylic acids is 1. The van der Waals surface area contributed by atoms with Gasteiger partial charge in [-0.25, -0.2) is 4.98 Å². The Morgan fingerprint density at radius 3 is 3.20 bits per heavy atom. The molecule has 1 aromatic rings. The molecule has 2 heterocycles. The molecule has 1 unspecified atom stereocenters. The SMILES string of the molecule is CN(CC(=O)O)CC1CN(c2cc(Br)ccn2)CCO1. The molecular formula is C13H18BrN3O3. The van der Waals surface area contributed by atoms with Crippen molar-refractivity contribution in [3.63, 3.8) is 0 Å². The number of ether oxygens (including phenoxy) is 1. The van der Waals surface area contributed by atoms with E-state index in [-0.39, 0.29) is 12.6 Å². The zero-order valence-electron chi connectivity index (χ0n) is 11.3. The number of aromatic nitrogens is 1. The number of nitrogens with zero attached hydrogens (tertiary/aromatic N) is 3. The van der Waals surface area contributed by atoms with E-state index in [4.69, 9.17) is 9.84 Å². The third-order valence-electron chi connectivity index (χ3n) is 3.09. The van der Waals surface area contributed by atoms with Gasteiger partial charge in [0.15, 0.2) is 0 Å². The van der Waals surface area contributed by atoms with Crippen LogP contribution in [0.1, 0.15) is 0 Å². The number of carboxylic acid groups (broad SMARTS) is 1. The normalized spacial score (nSPS) is 19.4. The van der Waals surface area contributed by atoms with E-state index in [1.807, 2.05) is 12.1 Å². The lowest BCUT2D eigenvalue weighted by Gasteiger charge is -2.35. The van der Waals surface area contributed by atoms with Crippen molar-refractivity contribution in [1.29, 1.82) is 0 Å². The lowest BCUT2D eigenvalue weighted by molar-refractivity contribution is -0.138. The number of carbonyl (C=O) groups is 1. The molecule has 1 atom stereocenters. The number of rotatable bonds is 5. The van der Waals surface area contributed by atoms with Crippen molar-refractivity contribution in [2.75, 3.05) is 44.7 Å². The average Bonchev–Trinajstić information content (AvgIpc) is 2.38. The largest absolute Gasteiger partial charge is 0.480 e. The van der Waals surface area contributed by atoms with E-state index in [2.05, 4.69) is 25.8 Å². The molecule has 1 aromatic heterocycles. The first kappa shape index (κ1) is 15.2. The Labute approximate surface area is 126 Å². The van der Waals surface area contributed by atoms with Gasteiger partial charge >= 0.3 is 5.97 Å². The van der Waals surface area contributed by atoms with Gasteiger partial charge in [-0.15, -0.1) is 0 Å². The molecule has 0 saturated carbocycles. The van der Waals surface area contributed by atoms with E-state index in [0.29, 0.717) is 19.7 Å². The fourth-order valence-electron chi connectivity index (χ4n) is 2.25. The predicted octanol–water partition coefficient (Wildman–Crippen LogP) is 1.07. The second kappa shape index (κ2) is 7.01. The molecule has 0 aromatic carbocycles. The van der Waals surface area contributed by atoms with E-state index >= 15 is 0 Å². The summed E-state index contributed by atoms with van der Waals surface area (Å²) in [5.74, 6) is 0.0855. The average molecular weight is 344 g/mol. The highest BCUT2D eigenvalue weighted by atomic mass is 79.9. The standard InChI is InChI=1S/C13H18BrN3O3/c1-16(9-13(18)19)7-11-8-17(4-5-20-11)12-6-10(14)2-3-15-12/h2-3,6,11H,4-5,7-9H2,1H3,(H,18,19). The zero-order chi connectivity index (χ0) is 14.5. The van der Waals surface area contributed by atoms with Crippen molar-refractivity contribution in [3.8, 4) is 0 Å². The first-order valence-electron chi connectivity index (χ1n) is 6.43. The minimum Gasteiger partial charge on any atom is -0.480 e. The second-order valence-corrected chi connectivity index (χ2v) is 5.78. The Hall–Kier alpha value is -1.18. The second-order valence-electron chi connectivity index (χ2n) is 4.86. The first-order chi connectivity index (χ1) is 9.54. The first-order valence-corrected chi connectivity index (χ1v) is 7.22. The van der Waals surface area contributed by atoms with E-state index in [9.17, 15) is 4.79 Å². The van der Waals surface area contributed by atoms with Crippen LogP contribution < -0.4 is 4.90 Å². The van der Waals surface area contributed by atoms with Gasteiger partial charge in [-0.3, -0.25) is 9.69 Å². The topological polar surface area (TPSA) is 65.9 Å². The van der Waals surface area contributed by atoms with Crippen LogP contribution in [0.5, 0.6) is 0 Å². The van der Waals surface area contributed by atoms with Gasteiger partial charge < -0.3 is 14.7 Å². The van der Waals surface area contributed by atoms with Gasteiger partial charge in [-0.05, 0) is 19.2 Å². The molecule has 1 N–H and O–H groups in total. The van der Waals surface area contributed by atoms with Crippen LogP contribution in [0.4, 0.5) is 5.82 Å². The van der Waals surface area contributed by atoms with Crippen LogP contribution in [-0.2, 0) is 9.53 Å². The van der Waals surface area contributed by atoms with Gasteiger partial charge in [-0.2, -0.15) is 0 Å². The monoisotopic (exact) mass is 343 g/mol. The highest BCUT2D eigenvalue weighted by molar-refractivity contribution is 9.10. The fraction of sp³-hybridized carbons (Fsp3) is 0.538. The number of anilines is 1. The molecule has 1 aliphatic heterocycles. The van der Waals surface area contributed by atoms with Crippen molar-refractivity contribution in [3.05, 3.63) is 22.8 Å². The molecule has 1 fully saturated rings. The van der Waals surface area contributed by atoms with Gasteiger partial charge in [-0.1, -0.05) is 15.9 Å². The maximum absolute atomic E-state index is 10.7. The molecule has 0 aliphatic carbocycles. The molecule has 1 aliphatic rings. The van der Waals surface area contributed by atoms with Crippen LogP contribution in [0.15, 0.2) is 22.8 Å². The van der Waals surface area contributed by atoms with Gasteiger partial charge in [0.25, 0.3) is 0 Å². The van der Waals surface area contributed by atoms with Crippen LogP contribution in [0.3, 0.4) is 0 Å². The fourth-order valence-corrected chi connectivity index (χ4v) is 2.57. The van der Waals surface area contributed by atoms with Gasteiger partial charge in [0.1, 0.15) is 5.82 Å². The molecule has 1 saturated heterocycles. The van der Waals surface area contributed by atoms with E-state index in [1.54, 1.807) is 18.1 Å². The molecule has 2 rings (SSSR count). The minimum absolute atomic E-state index is 0.00567. The number of pyridine rings is 1. The number of hydrogen-bond donors (Lipinski definition) is 1. The van der Waals surface area contributed by atoms with Crippen LogP contribution >= 0.6 is 15.9 Å². The molecule has 110 valence electrons. The number of halogens is 1. The van der Waals surface area contributed by atoms with Crippen LogP contribution in [0, 0.1) is 0 Å². The Morgan fingerprint density at radius 1 is 1.70 bits per heavy atom. The summed E-state index contributed by atoms with van der Waals surface area (Å²) >= 11 is 3.44. The summed E-state index contributed by atoms with van der Waals surface area (Å²) in [5.41, 5.74) is 0. The van der Waals surface area contributed by atoms with Crippen LogP contribution in [-0.4, -0.2) is 66.9 Å². The number of hydrogen-bond acceptors (Lipinski definition) is 5. The molecule has 0 spiro atoms. The summed E-state index contributed by atoms with van der Waals surface area (Å²) in [7, 11) is 1.79. The quantitative estimate of drug-likeness (QED) is 0.862. The van der Waals surface area contributed by atoms with E-state index in [1.165, 1.54) is 0 Å². The minimum atomic E-state index is -0.825. The summed E-state index contributed by atoms with van der Waals surface area (Å²) in [6.07, 6.45) is 1.76. The third-order valence-corrected chi connectivity index (χ3v) is 3.58. The van der Waals surface area contributed by atoms with Crippen molar-refractivity contribution < 1.29 is 14.6 Å². The van der Waals surface area contributed by atoms with Crippen LogP contribution in [0.25, 0.3) is 0 Å². The van der Waals surface area contributed by atoms with Gasteiger partial charge in [0, 0.05) is 30.3 Å². The molecular weight excluding hydrogens is 326 g/mol. The Bertz CT molecular complexity index is 472. The Balaban J connectivity index is 1.93. The summed E-state index contributed by atoms with van der Waals surface area (Å²) in [5, 5.41) is 8.77. The summed E-state index contributed by atoms with van der Waals surface area (Å²) in [4.78, 5) is 18.9. The smallest absolute Gasteiger partial charge is 0.317 e. The van der Waals surface area contributed by atoms with Crippen molar-refractivity contribution >= 4 is 27.7 Å². The molecule has 7 heteroatoms. The van der Waals surface area contributed by atoms with Gasteiger partial charge in [0.05, 0.1) is 19.3 Å². The van der Waals surface area contributed by atoms with E-state index < -0.39 is 5.97 Å². The molecule has 0 amide bonds. The molecule has 0 radical (unpaired) electrons. The Morgan fingerprint density at radius 2 is 2.50 bits per heavy atom. The number of morpholine rings is 1. The van der Waals surface area contributed by atoms with Crippen molar-refractivity contribution in [1.82, 2.24) is 9.88 Å². The predicted molar refractivity (Wildman–Crippen MR) is 79.0 cm³/mol. The number of aliphatic carboxylic acids is 1. The van der Waals surface area contributed by atoms with E-state index in [0.717, 1.165) is 16.8 Å². The summed E-state index contributed by atoms with van der Waals surface area (Å²) in [6, 6.07) is 3.87. The summed E-state index contributed by atoms with van der Waals surface area (Å²) in [6.45, 7) is 2.75. The zero-order valence-corrected chi connectivity index (χ0v) is 12.9. The lowest BCUT2D eigenvalue weighted by Crippen LogP contribution is -2.48. The molecule has 6 nitrogen and oxygen atoms in total.